The summed E-state index contributed by atoms with van der Waals surface area (Å²) < 4.78 is 29.0. The van der Waals surface area contributed by atoms with Crippen LogP contribution in [0.1, 0.15) is 12.1 Å². The van der Waals surface area contributed by atoms with Crippen molar-refractivity contribution in [1.82, 2.24) is 28.1 Å². The smallest absolute Gasteiger partial charge is 0.281 e. The summed E-state index contributed by atoms with van der Waals surface area (Å²) in [4.78, 5) is 13.2. The van der Waals surface area contributed by atoms with Crippen molar-refractivity contribution in [2.75, 3.05) is 27.2 Å². The Bertz CT molecular complexity index is 800. The second kappa shape index (κ2) is 6.58. The number of hydrogen-bond acceptors (Lipinski definition) is 5. The third-order valence-corrected chi connectivity index (χ3v) is 6.20. The highest BCUT2D eigenvalue weighted by Crippen LogP contribution is 2.23. The summed E-state index contributed by atoms with van der Waals surface area (Å²) in [5, 5.41) is 0. The minimum Gasteiger partial charge on any atom is -0.333 e. The Morgan fingerprint density at radius 2 is 2.04 bits per heavy atom. The van der Waals surface area contributed by atoms with Gasteiger partial charge in [-0.05, 0) is 18.8 Å². The van der Waals surface area contributed by atoms with Crippen LogP contribution in [0.3, 0.4) is 0 Å². The van der Waals surface area contributed by atoms with Crippen molar-refractivity contribution in [1.29, 1.82) is 0 Å². The van der Waals surface area contributed by atoms with Crippen LogP contribution in [0, 0.1) is 5.92 Å². The quantitative estimate of drug-likeness (QED) is 0.786. The fourth-order valence-corrected chi connectivity index (χ4v) is 4.09. The summed E-state index contributed by atoms with van der Waals surface area (Å²) in [5.74, 6) is 1.05. The lowest BCUT2D eigenvalue weighted by molar-refractivity contribution is 0.409. The molecular formula is C15H22N6O2S. The molecule has 130 valence electrons. The minimum absolute atomic E-state index is 0.271. The van der Waals surface area contributed by atoms with E-state index < -0.39 is 10.2 Å². The molecular weight excluding hydrogens is 328 g/mol. The highest BCUT2D eigenvalue weighted by molar-refractivity contribution is 7.86. The zero-order valence-electron chi connectivity index (χ0n) is 14.1. The van der Waals surface area contributed by atoms with Gasteiger partial charge < -0.3 is 4.57 Å². The van der Waals surface area contributed by atoms with Gasteiger partial charge >= 0.3 is 0 Å². The second-order valence-corrected chi connectivity index (χ2v) is 8.40. The molecule has 0 amide bonds. The molecule has 1 saturated heterocycles. The summed E-state index contributed by atoms with van der Waals surface area (Å²) in [5.41, 5.74) is 1.61. The van der Waals surface area contributed by atoms with E-state index >= 15 is 0 Å². The van der Waals surface area contributed by atoms with Crippen molar-refractivity contribution in [3.8, 4) is 11.5 Å². The van der Waals surface area contributed by atoms with Gasteiger partial charge in [0.25, 0.3) is 10.2 Å². The second-order valence-electron chi connectivity index (χ2n) is 6.26. The van der Waals surface area contributed by atoms with E-state index in [0.29, 0.717) is 13.1 Å². The van der Waals surface area contributed by atoms with Gasteiger partial charge in [0.1, 0.15) is 5.69 Å². The summed E-state index contributed by atoms with van der Waals surface area (Å²) in [6.07, 6.45) is 8.64. The maximum atomic E-state index is 12.2. The molecule has 0 aromatic carbocycles. The number of hydrogen-bond donors (Lipinski definition) is 0. The van der Waals surface area contributed by atoms with E-state index in [2.05, 4.69) is 15.0 Å². The van der Waals surface area contributed by atoms with Crippen molar-refractivity contribution in [2.24, 2.45) is 13.0 Å². The van der Waals surface area contributed by atoms with Gasteiger partial charge in [0, 0.05) is 52.8 Å². The Morgan fingerprint density at radius 1 is 1.25 bits per heavy atom. The molecule has 3 heterocycles. The molecule has 9 heteroatoms. The first-order valence-corrected chi connectivity index (χ1v) is 9.24. The van der Waals surface area contributed by atoms with E-state index in [4.69, 9.17) is 0 Å². The Morgan fingerprint density at radius 3 is 2.62 bits per heavy atom. The van der Waals surface area contributed by atoms with Gasteiger partial charge in [-0.1, -0.05) is 0 Å². The van der Waals surface area contributed by atoms with Crippen LogP contribution in [0.5, 0.6) is 0 Å². The molecule has 1 aliphatic heterocycles. The highest BCUT2D eigenvalue weighted by Gasteiger charge is 2.32. The van der Waals surface area contributed by atoms with Crippen LogP contribution in [0.15, 0.2) is 24.8 Å². The molecule has 1 aliphatic rings. The third-order valence-electron chi connectivity index (χ3n) is 4.29. The van der Waals surface area contributed by atoms with Crippen molar-refractivity contribution in [3.63, 3.8) is 0 Å². The lowest BCUT2D eigenvalue weighted by Crippen LogP contribution is -2.38. The summed E-state index contributed by atoms with van der Waals surface area (Å²) in [7, 11) is 1.71. The molecule has 24 heavy (non-hydrogen) atoms. The Kier molecular flexibility index (Phi) is 4.66. The topological polar surface area (TPSA) is 84.2 Å². The summed E-state index contributed by atoms with van der Waals surface area (Å²) >= 11 is 0. The molecule has 8 nitrogen and oxygen atoms in total. The average molecular weight is 350 g/mol. The zero-order chi connectivity index (χ0) is 17.3. The van der Waals surface area contributed by atoms with Crippen LogP contribution in [0.25, 0.3) is 11.5 Å². The van der Waals surface area contributed by atoms with Gasteiger partial charge in [-0.2, -0.15) is 17.0 Å². The van der Waals surface area contributed by atoms with E-state index in [-0.39, 0.29) is 5.92 Å². The number of imidazole rings is 1. The maximum absolute atomic E-state index is 12.2. The summed E-state index contributed by atoms with van der Waals surface area (Å²) in [6.45, 7) is 1.09. The standard InChI is InChI=1S/C15H22N6O2S/c1-19(2)24(22,23)21-6-4-12(11-21)8-13-9-18-14(10-17-13)15-16-5-7-20(15)3/h5,7,9-10,12H,4,6,8,11H2,1-3H3. The SMILES string of the molecule is CN(C)S(=O)(=O)N1CCC(Cc2cnc(-c3nccn3C)cn2)C1. The molecule has 2 aromatic rings. The monoisotopic (exact) mass is 350 g/mol. The molecule has 1 unspecified atom stereocenters. The number of rotatable bonds is 5. The predicted molar refractivity (Wildman–Crippen MR) is 90.2 cm³/mol. The van der Waals surface area contributed by atoms with E-state index in [1.54, 1.807) is 32.7 Å². The number of aryl methyl sites for hydroxylation is 1. The van der Waals surface area contributed by atoms with Crippen LogP contribution in [0.4, 0.5) is 0 Å². The van der Waals surface area contributed by atoms with Gasteiger partial charge in [0.05, 0.1) is 11.9 Å². The Hall–Kier alpha value is -1.84. The van der Waals surface area contributed by atoms with Gasteiger partial charge in [0.2, 0.25) is 0 Å². The van der Waals surface area contributed by atoms with Crippen molar-refractivity contribution in [3.05, 3.63) is 30.5 Å². The first-order chi connectivity index (χ1) is 11.4. The molecule has 0 bridgehead atoms. The van der Waals surface area contributed by atoms with Crippen molar-refractivity contribution >= 4 is 10.2 Å². The van der Waals surface area contributed by atoms with Crippen molar-refractivity contribution in [2.45, 2.75) is 12.8 Å². The van der Waals surface area contributed by atoms with E-state index in [9.17, 15) is 8.42 Å². The molecule has 2 aromatic heterocycles. The normalized spacial score (nSPS) is 19.2. The fourth-order valence-electron chi connectivity index (χ4n) is 2.89. The molecule has 0 N–H and O–H groups in total. The molecule has 1 atom stereocenters. The molecule has 0 spiro atoms. The van der Waals surface area contributed by atoms with Crippen LogP contribution >= 0.6 is 0 Å². The van der Waals surface area contributed by atoms with E-state index in [0.717, 1.165) is 30.1 Å². The van der Waals surface area contributed by atoms with Gasteiger partial charge in [-0.25, -0.2) is 9.97 Å². The van der Waals surface area contributed by atoms with Gasteiger partial charge in [0.15, 0.2) is 5.82 Å². The Balaban J connectivity index is 1.65. The van der Waals surface area contributed by atoms with Crippen LogP contribution in [-0.2, 0) is 23.7 Å². The maximum Gasteiger partial charge on any atom is 0.281 e. The fraction of sp³-hybridized carbons (Fsp3) is 0.533. The molecule has 3 rings (SSSR count). The molecule has 0 radical (unpaired) electrons. The number of nitrogens with zero attached hydrogens (tertiary/aromatic N) is 6. The first-order valence-electron chi connectivity index (χ1n) is 7.84. The lowest BCUT2D eigenvalue weighted by Gasteiger charge is -2.20. The molecule has 0 aliphatic carbocycles. The molecule has 1 fully saturated rings. The zero-order valence-corrected chi connectivity index (χ0v) is 14.9. The minimum atomic E-state index is -3.32. The van der Waals surface area contributed by atoms with E-state index in [1.807, 2.05) is 17.8 Å². The van der Waals surface area contributed by atoms with Crippen LogP contribution < -0.4 is 0 Å². The van der Waals surface area contributed by atoms with Gasteiger partial charge in [-0.3, -0.25) is 4.98 Å². The summed E-state index contributed by atoms with van der Waals surface area (Å²) in [6, 6.07) is 0. The lowest BCUT2D eigenvalue weighted by atomic mass is 10.0. The van der Waals surface area contributed by atoms with E-state index in [1.165, 1.54) is 8.61 Å². The van der Waals surface area contributed by atoms with Gasteiger partial charge in [-0.15, -0.1) is 0 Å². The predicted octanol–water partition coefficient (Wildman–Crippen LogP) is 0.548. The third kappa shape index (κ3) is 3.33. The largest absolute Gasteiger partial charge is 0.333 e. The first kappa shape index (κ1) is 17.0. The van der Waals surface area contributed by atoms with Crippen LogP contribution in [0.2, 0.25) is 0 Å². The Labute approximate surface area is 142 Å². The molecule has 0 saturated carbocycles. The van der Waals surface area contributed by atoms with Crippen molar-refractivity contribution < 1.29 is 8.42 Å². The average Bonchev–Trinajstić information content (AvgIpc) is 3.17. The highest BCUT2D eigenvalue weighted by atomic mass is 32.2. The number of aromatic nitrogens is 4. The van der Waals surface area contributed by atoms with Crippen LogP contribution in [-0.4, -0.2) is 63.7 Å².